The summed E-state index contributed by atoms with van der Waals surface area (Å²) in [5.41, 5.74) is 0. The zero-order chi connectivity index (χ0) is 10.3. The van der Waals surface area contributed by atoms with Gasteiger partial charge in [0.2, 0.25) is 11.8 Å². The molecule has 5 heteroatoms. The molecule has 0 aliphatic rings. The van der Waals surface area contributed by atoms with Gasteiger partial charge in [0.15, 0.2) is 0 Å². The Morgan fingerprint density at radius 1 is 1.46 bits per heavy atom. The van der Waals surface area contributed by atoms with E-state index < -0.39 is 0 Å². The number of hydrogen-bond acceptors (Lipinski definition) is 3. The summed E-state index contributed by atoms with van der Waals surface area (Å²) in [6.45, 7) is 2.69. The molecule has 0 spiro atoms. The molecule has 0 aromatic carbocycles. The van der Waals surface area contributed by atoms with Gasteiger partial charge in [-0.2, -0.15) is 12.6 Å². The Bertz CT molecular complexity index is 185. The van der Waals surface area contributed by atoms with E-state index in [0.717, 1.165) is 6.42 Å². The number of carbonyl (C=O) groups is 2. The lowest BCUT2D eigenvalue weighted by Crippen LogP contribution is -2.40. The number of nitrogens with one attached hydrogen (secondary N) is 1. The van der Waals surface area contributed by atoms with Gasteiger partial charge >= 0.3 is 0 Å². The van der Waals surface area contributed by atoms with E-state index in [9.17, 15) is 9.59 Å². The van der Waals surface area contributed by atoms with Gasteiger partial charge in [-0.15, -0.1) is 0 Å². The zero-order valence-corrected chi connectivity index (χ0v) is 8.93. The van der Waals surface area contributed by atoms with Gasteiger partial charge in [0.25, 0.3) is 0 Å². The van der Waals surface area contributed by atoms with Gasteiger partial charge in [-0.05, 0) is 6.42 Å². The minimum atomic E-state index is -0.149. The van der Waals surface area contributed by atoms with Gasteiger partial charge in [0.05, 0.1) is 12.3 Å². The normalized spacial score (nSPS) is 9.46. The van der Waals surface area contributed by atoms with Crippen molar-refractivity contribution in [3.05, 3.63) is 0 Å². The van der Waals surface area contributed by atoms with Gasteiger partial charge in [0, 0.05) is 13.6 Å². The van der Waals surface area contributed by atoms with E-state index in [2.05, 4.69) is 17.9 Å². The van der Waals surface area contributed by atoms with Gasteiger partial charge in [-0.25, -0.2) is 0 Å². The highest BCUT2D eigenvalue weighted by Crippen LogP contribution is 1.94. The summed E-state index contributed by atoms with van der Waals surface area (Å²) in [6.07, 6.45) is 0.844. The molecule has 0 fully saturated rings. The zero-order valence-electron chi connectivity index (χ0n) is 8.04. The van der Waals surface area contributed by atoms with Gasteiger partial charge in [0.1, 0.15) is 0 Å². The lowest BCUT2D eigenvalue weighted by Gasteiger charge is -2.19. The average molecular weight is 204 g/mol. The van der Waals surface area contributed by atoms with E-state index in [1.807, 2.05) is 6.92 Å². The van der Waals surface area contributed by atoms with Gasteiger partial charge in [-0.3, -0.25) is 9.59 Å². The third-order valence-corrected chi connectivity index (χ3v) is 1.87. The molecule has 0 bridgehead atoms. The van der Waals surface area contributed by atoms with Crippen LogP contribution in [0.15, 0.2) is 0 Å². The highest BCUT2D eigenvalue weighted by Gasteiger charge is 2.13. The van der Waals surface area contributed by atoms with Crippen LogP contribution in [-0.4, -0.2) is 42.6 Å². The molecule has 4 nitrogen and oxygen atoms in total. The first kappa shape index (κ1) is 12.3. The Kier molecular flexibility index (Phi) is 6.40. The predicted molar refractivity (Wildman–Crippen MR) is 54.8 cm³/mol. The van der Waals surface area contributed by atoms with Crippen molar-refractivity contribution in [1.82, 2.24) is 10.2 Å². The van der Waals surface area contributed by atoms with Crippen LogP contribution >= 0.6 is 12.6 Å². The molecule has 0 aromatic rings. The van der Waals surface area contributed by atoms with Crippen molar-refractivity contribution >= 4 is 24.4 Å². The van der Waals surface area contributed by atoms with Crippen molar-refractivity contribution in [1.29, 1.82) is 0 Å². The van der Waals surface area contributed by atoms with E-state index in [-0.39, 0.29) is 24.1 Å². The van der Waals surface area contributed by atoms with E-state index in [0.29, 0.717) is 6.54 Å². The first-order valence-electron chi connectivity index (χ1n) is 4.24. The summed E-state index contributed by atoms with van der Waals surface area (Å²) >= 11 is 3.88. The van der Waals surface area contributed by atoms with E-state index in [4.69, 9.17) is 0 Å². The highest BCUT2D eigenvalue weighted by atomic mass is 32.1. The molecule has 0 aliphatic carbocycles. The molecule has 13 heavy (non-hydrogen) atoms. The number of nitrogens with zero attached hydrogens (tertiary/aromatic N) is 1. The topological polar surface area (TPSA) is 49.4 Å². The molecule has 0 unspecified atom stereocenters. The van der Waals surface area contributed by atoms with E-state index >= 15 is 0 Å². The molecule has 1 N–H and O–H groups in total. The molecule has 2 amide bonds. The molecule has 0 rings (SSSR count). The van der Waals surface area contributed by atoms with Crippen LogP contribution in [0.2, 0.25) is 0 Å². The SMILES string of the molecule is CCCN(CC(=O)NC)C(=O)CS. The van der Waals surface area contributed by atoms with Crippen molar-refractivity contribution in [3.8, 4) is 0 Å². The largest absolute Gasteiger partial charge is 0.358 e. The standard InChI is InChI=1S/C8H16N2O2S/c1-3-4-10(8(12)6-13)5-7(11)9-2/h13H,3-6H2,1-2H3,(H,9,11). The fourth-order valence-corrected chi connectivity index (χ4v) is 1.11. The molecule has 76 valence electrons. The summed E-state index contributed by atoms with van der Waals surface area (Å²) in [4.78, 5) is 23.7. The molecule has 0 saturated heterocycles. The highest BCUT2D eigenvalue weighted by molar-refractivity contribution is 7.81. The lowest BCUT2D eigenvalue weighted by molar-refractivity contribution is -0.133. The van der Waals surface area contributed by atoms with Crippen LogP contribution in [0.4, 0.5) is 0 Å². The maximum atomic E-state index is 11.2. The molecular formula is C8H16N2O2S. The maximum Gasteiger partial charge on any atom is 0.239 e. The van der Waals surface area contributed by atoms with Crippen molar-refractivity contribution in [2.45, 2.75) is 13.3 Å². The van der Waals surface area contributed by atoms with Crippen molar-refractivity contribution in [2.24, 2.45) is 0 Å². The fraction of sp³-hybridized carbons (Fsp3) is 0.750. The van der Waals surface area contributed by atoms with Crippen LogP contribution < -0.4 is 5.32 Å². The average Bonchev–Trinajstić information content (AvgIpc) is 2.15. The Morgan fingerprint density at radius 3 is 2.46 bits per heavy atom. The number of hydrogen-bond donors (Lipinski definition) is 2. The van der Waals surface area contributed by atoms with Gasteiger partial charge < -0.3 is 10.2 Å². The second-order valence-corrected chi connectivity index (χ2v) is 2.96. The predicted octanol–water partition coefficient (Wildman–Crippen LogP) is -0.0992. The Hall–Kier alpha value is -0.710. The van der Waals surface area contributed by atoms with Crippen LogP contribution in [0, 0.1) is 0 Å². The molecule has 0 saturated carbocycles. The molecular weight excluding hydrogens is 188 g/mol. The first-order chi connectivity index (χ1) is 6.15. The monoisotopic (exact) mass is 204 g/mol. The van der Waals surface area contributed by atoms with Crippen LogP contribution in [0.1, 0.15) is 13.3 Å². The third-order valence-electron chi connectivity index (χ3n) is 1.59. The second kappa shape index (κ2) is 6.77. The van der Waals surface area contributed by atoms with E-state index in [1.165, 1.54) is 4.90 Å². The number of rotatable bonds is 5. The number of carbonyl (C=O) groups excluding carboxylic acids is 2. The number of likely N-dealkylation sites (N-methyl/N-ethyl adjacent to an activating group) is 1. The fourth-order valence-electron chi connectivity index (χ4n) is 0.914. The lowest BCUT2D eigenvalue weighted by atomic mass is 10.4. The summed E-state index contributed by atoms with van der Waals surface area (Å²) in [5.74, 6) is -0.103. The van der Waals surface area contributed by atoms with Gasteiger partial charge in [-0.1, -0.05) is 6.92 Å². The Morgan fingerprint density at radius 2 is 2.08 bits per heavy atom. The Balaban J connectivity index is 4.08. The molecule has 0 radical (unpaired) electrons. The number of thiol groups is 1. The summed E-state index contributed by atoms with van der Waals surface area (Å²) in [5, 5.41) is 2.48. The van der Waals surface area contributed by atoms with Crippen LogP contribution in [0.5, 0.6) is 0 Å². The smallest absolute Gasteiger partial charge is 0.239 e. The van der Waals surface area contributed by atoms with Crippen molar-refractivity contribution in [2.75, 3.05) is 25.9 Å². The third kappa shape index (κ3) is 4.77. The second-order valence-electron chi connectivity index (χ2n) is 2.65. The van der Waals surface area contributed by atoms with Crippen LogP contribution in [0.3, 0.4) is 0 Å². The first-order valence-corrected chi connectivity index (χ1v) is 4.88. The summed E-state index contributed by atoms with van der Waals surface area (Å²) < 4.78 is 0. The summed E-state index contributed by atoms with van der Waals surface area (Å²) in [6, 6.07) is 0. The quantitative estimate of drug-likeness (QED) is 0.614. The van der Waals surface area contributed by atoms with E-state index in [1.54, 1.807) is 7.05 Å². The molecule has 0 heterocycles. The Labute approximate surface area is 84.1 Å². The summed E-state index contributed by atoms with van der Waals surface area (Å²) in [7, 11) is 1.55. The maximum absolute atomic E-state index is 11.2. The minimum Gasteiger partial charge on any atom is -0.358 e. The molecule has 0 atom stereocenters. The van der Waals surface area contributed by atoms with Crippen LogP contribution in [0.25, 0.3) is 0 Å². The van der Waals surface area contributed by atoms with Crippen LogP contribution in [-0.2, 0) is 9.59 Å². The number of amides is 2. The molecule has 0 aromatic heterocycles. The van der Waals surface area contributed by atoms with Crippen molar-refractivity contribution in [3.63, 3.8) is 0 Å². The minimum absolute atomic E-state index is 0.103. The molecule has 0 aliphatic heterocycles. The van der Waals surface area contributed by atoms with Crippen molar-refractivity contribution < 1.29 is 9.59 Å².